The lowest BCUT2D eigenvalue weighted by atomic mass is 10.2. The van der Waals surface area contributed by atoms with E-state index in [2.05, 4.69) is 9.82 Å². The Bertz CT molecular complexity index is 599. The maximum atomic E-state index is 12.3. The molecule has 1 aliphatic rings. The Hall–Kier alpha value is -0.930. The first-order valence-electron chi connectivity index (χ1n) is 5.97. The van der Waals surface area contributed by atoms with E-state index in [4.69, 9.17) is 5.73 Å². The quantitative estimate of drug-likeness (QED) is 0.783. The summed E-state index contributed by atoms with van der Waals surface area (Å²) in [5.74, 6) is 1.08. The Kier molecular flexibility index (Phi) is 3.98. The van der Waals surface area contributed by atoms with E-state index in [1.54, 1.807) is 14.0 Å². The van der Waals surface area contributed by atoms with Gasteiger partial charge >= 0.3 is 0 Å². The highest BCUT2D eigenvalue weighted by molar-refractivity contribution is 7.89. The number of aryl methyl sites for hydroxylation is 1. The molecule has 0 atom stereocenters. The van der Waals surface area contributed by atoms with Crippen molar-refractivity contribution in [1.82, 2.24) is 14.5 Å². The summed E-state index contributed by atoms with van der Waals surface area (Å²) in [5.41, 5.74) is 6.16. The molecule has 19 heavy (non-hydrogen) atoms. The van der Waals surface area contributed by atoms with Crippen LogP contribution in [-0.2, 0) is 27.9 Å². The first-order valence-corrected chi connectivity index (χ1v) is 8.95. The molecule has 7 nitrogen and oxygen atoms in total. The lowest BCUT2D eigenvalue weighted by Gasteiger charge is -2.22. The molecule has 1 fully saturated rings. The summed E-state index contributed by atoms with van der Waals surface area (Å²) in [6.07, 6.45) is 1.18. The second kappa shape index (κ2) is 5.22. The van der Waals surface area contributed by atoms with Gasteiger partial charge in [-0.15, -0.1) is 0 Å². The second-order valence-corrected chi connectivity index (χ2v) is 8.01. The largest absolute Gasteiger partial charge is 0.381 e. The van der Waals surface area contributed by atoms with E-state index >= 15 is 0 Å². The summed E-state index contributed by atoms with van der Waals surface area (Å²) in [7, 11) is -2.84. The van der Waals surface area contributed by atoms with Crippen molar-refractivity contribution in [2.45, 2.75) is 30.7 Å². The van der Waals surface area contributed by atoms with E-state index in [1.165, 1.54) is 4.68 Å². The van der Waals surface area contributed by atoms with E-state index in [-0.39, 0.29) is 16.8 Å². The molecule has 2 heterocycles. The molecular formula is C10H18N4O3S2. The third kappa shape index (κ3) is 2.98. The monoisotopic (exact) mass is 306 g/mol. The van der Waals surface area contributed by atoms with Crippen molar-refractivity contribution in [3.8, 4) is 0 Å². The average molecular weight is 306 g/mol. The number of hydrogen-bond acceptors (Lipinski definition) is 5. The minimum absolute atomic E-state index is 0.00638. The Morgan fingerprint density at radius 3 is 2.47 bits per heavy atom. The Morgan fingerprint density at radius 2 is 2.00 bits per heavy atom. The minimum atomic E-state index is -3.68. The number of rotatable bonds is 3. The maximum Gasteiger partial charge on any atom is 0.246 e. The molecule has 1 aromatic heterocycles. The van der Waals surface area contributed by atoms with Crippen molar-refractivity contribution in [1.29, 1.82) is 0 Å². The van der Waals surface area contributed by atoms with Gasteiger partial charge < -0.3 is 5.73 Å². The summed E-state index contributed by atoms with van der Waals surface area (Å²) in [4.78, 5) is 0.0432. The third-order valence-electron chi connectivity index (χ3n) is 3.28. The highest BCUT2D eigenvalue weighted by atomic mass is 32.2. The molecule has 0 amide bonds. The van der Waals surface area contributed by atoms with Gasteiger partial charge in [0.1, 0.15) is 4.90 Å². The van der Waals surface area contributed by atoms with Crippen LogP contribution in [0.3, 0.4) is 0 Å². The SMILES string of the molecule is Cc1c(S(=O)(=O)NC2CCS(=O)CC2)c(N)nn1C. The number of nitrogens with zero attached hydrogens (tertiary/aromatic N) is 2. The van der Waals surface area contributed by atoms with E-state index in [1.807, 2.05) is 0 Å². The fourth-order valence-corrected chi connectivity index (χ4v) is 5.06. The molecule has 1 aliphatic heterocycles. The van der Waals surface area contributed by atoms with Gasteiger partial charge in [-0.3, -0.25) is 8.89 Å². The van der Waals surface area contributed by atoms with Gasteiger partial charge in [-0.05, 0) is 19.8 Å². The zero-order valence-corrected chi connectivity index (χ0v) is 12.6. The number of nitrogens with one attached hydrogen (secondary N) is 1. The summed E-state index contributed by atoms with van der Waals surface area (Å²) in [6, 6.07) is -0.179. The van der Waals surface area contributed by atoms with Crippen LogP contribution in [0.25, 0.3) is 0 Å². The van der Waals surface area contributed by atoms with Gasteiger partial charge in [-0.25, -0.2) is 13.1 Å². The van der Waals surface area contributed by atoms with Crippen LogP contribution in [0.2, 0.25) is 0 Å². The van der Waals surface area contributed by atoms with Crippen LogP contribution in [-0.4, -0.2) is 40.0 Å². The van der Waals surface area contributed by atoms with Crippen molar-refractivity contribution in [2.75, 3.05) is 17.2 Å². The molecule has 0 aliphatic carbocycles. The Labute approximate surface area is 115 Å². The molecule has 3 N–H and O–H groups in total. The normalized spacial score (nSPS) is 24.5. The second-order valence-electron chi connectivity index (χ2n) is 4.67. The lowest BCUT2D eigenvalue weighted by Crippen LogP contribution is -2.39. The zero-order valence-electron chi connectivity index (χ0n) is 10.9. The Morgan fingerprint density at radius 1 is 1.42 bits per heavy atom. The smallest absolute Gasteiger partial charge is 0.246 e. The summed E-state index contributed by atoms with van der Waals surface area (Å²) in [6.45, 7) is 1.66. The standard InChI is InChI=1S/C10H18N4O3S2/c1-7-9(10(11)12-14(7)2)19(16,17)13-8-3-5-18(15)6-4-8/h8,13H,3-6H2,1-2H3,(H2,11,12). The predicted octanol–water partition coefficient (Wildman–Crippen LogP) is -0.500. The molecular weight excluding hydrogens is 288 g/mol. The molecule has 0 spiro atoms. The molecule has 0 saturated carbocycles. The number of sulfonamides is 1. The van der Waals surface area contributed by atoms with E-state index in [9.17, 15) is 12.6 Å². The summed E-state index contributed by atoms with van der Waals surface area (Å²) >= 11 is 0. The van der Waals surface area contributed by atoms with Crippen LogP contribution >= 0.6 is 0 Å². The van der Waals surface area contributed by atoms with Crippen LogP contribution in [0.4, 0.5) is 5.82 Å². The molecule has 1 aromatic rings. The topological polar surface area (TPSA) is 107 Å². The van der Waals surface area contributed by atoms with Crippen LogP contribution in [0.5, 0.6) is 0 Å². The first-order chi connectivity index (χ1) is 8.81. The highest BCUT2D eigenvalue weighted by Crippen LogP contribution is 2.22. The van der Waals surface area contributed by atoms with Gasteiger partial charge in [0.25, 0.3) is 0 Å². The molecule has 0 radical (unpaired) electrons. The van der Waals surface area contributed by atoms with Crippen molar-refractivity contribution in [3.63, 3.8) is 0 Å². The van der Waals surface area contributed by atoms with Gasteiger partial charge in [-0.1, -0.05) is 0 Å². The van der Waals surface area contributed by atoms with E-state index in [0.717, 1.165) is 0 Å². The summed E-state index contributed by atoms with van der Waals surface area (Å²) < 4.78 is 40.0. The van der Waals surface area contributed by atoms with Crippen LogP contribution in [0, 0.1) is 6.92 Å². The summed E-state index contributed by atoms with van der Waals surface area (Å²) in [5, 5.41) is 3.91. The molecule has 0 unspecified atom stereocenters. The predicted molar refractivity (Wildman–Crippen MR) is 73.6 cm³/mol. The number of hydrogen-bond donors (Lipinski definition) is 2. The minimum Gasteiger partial charge on any atom is -0.381 e. The Balaban J connectivity index is 2.21. The van der Waals surface area contributed by atoms with Crippen LogP contribution in [0.1, 0.15) is 18.5 Å². The van der Waals surface area contributed by atoms with E-state index < -0.39 is 20.8 Å². The van der Waals surface area contributed by atoms with Gasteiger partial charge in [-0.2, -0.15) is 5.10 Å². The number of nitrogens with two attached hydrogens (primary N) is 1. The highest BCUT2D eigenvalue weighted by Gasteiger charge is 2.29. The zero-order chi connectivity index (χ0) is 14.2. The molecule has 9 heteroatoms. The molecule has 0 bridgehead atoms. The molecule has 108 valence electrons. The van der Waals surface area contributed by atoms with Crippen LogP contribution in [0.15, 0.2) is 4.90 Å². The van der Waals surface area contributed by atoms with Gasteiger partial charge in [0.15, 0.2) is 5.82 Å². The van der Waals surface area contributed by atoms with Crippen molar-refractivity contribution < 1.29 is 12.6 Å². The fraction of sp³-hybridized carbons (Fsp3) is 0.700. The number of anilines is 1. The lowest BCUT2D eigenvalue weighted by molar-refractivity contribution is 0.521. The van der Waals surface area contributed by atoms with Crippen molar-refractivity contribution in [3.05, 3.63) is 5.69 Å². The fourth-order valence-electron chi connectivity index (χ4n) is 2.14. The van der Waals surface area contributed by atoms with Gasteiger partial charge in [0.2, 0.25) is 10.0 Å². The maximum absolute atomic E-state index is 12.3. The van der Waals surface area contributed by atoms with E-state index in [0.29, 0.717) is 30.0 Å². The van der Waals surface area contributed by atoms with Gasteiger partial charge in [0.05, 0.1) is 5.69 Å². The molecule has 2 rings (SSSR count). The molecule has 0 aromatic carbocycles. The van der Waals surface area contributed by atoms with Crippen molar-refractivity contribution in [2.24, 2.45) is 7.05 Å². The average Bonchev–Trinajstić information content (AvgIpc) is 2.56. The first kappa shape index (κ1) is 14.5. The van der Waals surface area contributed by atoms with Crippen LogP contribution < -0.4 is 10.5 Å². The van der Waals surface area contributed by atoms with Gasteiger partial charge in [0, 0.05) is 35.4 Å². The number of nitrogen functional groups attached to an aromatic ring is 1. The number of aromatic nitrogens is 2. The third-order valence-corrected chi connectivity index (χ3v) is 6.35. The van der Waals surface area contributed by atoms with Crippen molar-refractivity contribution >= 4 is 26.6 Å². The molecule has 1 saturated heterocycles.